The summed E-state index contributed by atoms with van der Waals surface area (Å²) in [6.45, 7) is 0.835. The molecule has 0 aliphatic carbocycles. The molecule has 1 aliphatic rings. The van der Waals surface area contributed by atoms with Crippen LogP contribution in [0.25, 0.3) is 6.08 Å². The number of thioether (sulfide) groups is 1. The summed E-state index contributed by atoms with van der Waals surface area (Å²) in [6.07, 6.45) is 2.56. The Morgan fingerprint density at radius 2 is 1.76 bits per heavy atom. The molecule has 0 saturated carbocycles. The molecule has 1 amide bonds. The lowest BCUT2D eigenvalue weighted by molar-refractivity contribution is -0.122. The Hall–Kier alpha value is -3.16. The summed E-state index contributed by atoms with van der Waals surface area (Å²) in [5.41, 5.74) is 2.82. The summed E-state index contributed by atoms with van der Waals surface area (Å²) in [5, 5.41) is 0. The van der Waals surface area contributed by atoms with Crippen molar-refractivity contribution >= 4 is 40.3 Å². The van der Waals surface area contributed by atoms with Crippen molar-refractivity contribution in [2.75, 3.05) is 13.7 Å². The van der Waals surface area contributed by atoms with Crippen molar-refractivity contribution in [3.8, 4) is 11.5 Å². The van der Waals surface area contributed by atoms with Crippen LogP contribution in [0.2, 0.25) is 0 Å². The van der Waals surface area contributed by atoms with E-state index in [0.29, 0.717) is 27.3 Å². The highest BCUT2D eigenvalue weighted by molar-refractivity contribution is 8.26. The summed E-state index contributed by atoms with van der Waals surface area (Å²) in [6, 6.07) is 21.6. The average molecular weight is 480 g/mol. The fourth-order valence-corrected chi connectivity index (χ4v) is 4.67. The lowest BCUT2D eigenvalue weighted by Crippen LogP contribution is -2.30. The van der Waals surface area contributed by atoms with Gasteiger partial charge in [-0.3, -0.25) is 9.69 Å². The SMILES string of the molecule is COc1cc(/C=C2/SC(=S)N(CCc3ccccc3)C2=O)ccc1OCc1ccc(F)cc1. The number of halogens is 1. The molecular formula is C26H22FNO3S2. The minimum absolute atomic E-state index is 0.0865. The minimum atomic E-state index is -0.286. The van der Waals surface area contributed by atoms with Crippen LogP contribution in [0.15, 0.2) is 77.7 Å². The van der Waals surface area contributed by atoms with Gasteiger partial charge in [0.1, 0.15) is 16.7 Å². The molecule has 0 unspecified atom stereocenters. The van der Waals surface area contributed by atoms with E-state index in [1.165, 1.54) is 23.9 Å². The van der Waals surface area contributed by atoms with Gasteiger partial charge in [0, 0.05) is 6.54 Å². The van der Waals surface area contributed by atoms with Gasteiger partial charge in [0.25, 0.3) is 5.91 Å². The quantitative estimate of drug-likeness (QED) is 0.299. The zero-order chi connectivity index (χ0) is 23.2. The number of carbonyl (C=O) groups is 1. The molecule has 0 bridgehead atoms. The maximum atomic E-state index is 13.1. The van der Waals surface area contributed by atoms with Gasteiger partial charge in [-0.2, -0.15) is 0 Å². The van der Waals surface area contributed by atoms with Gasteiger partial charge in [-0.15, -0.1) is 0 Å². The molecule has 1 heterocycles. The molecule has 1 saturated heterocycles. The maximum absolute atomic E-state index is 13.1. The maximum Gasteiger partial charge on any atom is 0.266 e. The Morgan fingerprint density at radius 3 is 2.48 bits per heavy atom. The molecule has 0 spiro atoms. The number of methoxy groups -OCH3 is 1. The fraction of sp³-hybridized carbons (Fsp3) is 0.154. The van der Waals surface area contributed by atoms with Crippen molar-refractivity contribution in [3.05, 3.63) is 100 Å². The number of rotatable bonds is 8. The summed E-state index contributed by atoms with van der Waals surface area (Å²) in [4.78, 5) is 15.1. The van der Waals surface area contributed by atoms with Crippen molar-refractivity contribution in [1.82, 2.24) is 4.90 Å². The Kier molecular flexibility index (Phi) is 7.42. The van der Waals surface area contributed by atoms with Crippen LogP contribution in [0.5, 0.6) is 11.5 Å². The number of amides is 1. The number of benzene rings is 3. The predicted molar refractivity (Wildman–Crippen MR) is 134 cm³/mol. The third kappa shape index (κ3) is 5.80. The molecule has 0 radical (unpaired) electrons. The van der Waals surface area contributed by atoms with Crippen LogP contribution in [0, 0.1) is 5.82 Å². The first kappa shape index (κ1) is 23.0. The van der Waals surface area contributed by atoms with Crippen LogP contribution in [-0.2, 0) is 17.8 Å². The lowest BCUT2D eigenvalue weighted by Gasteiger charge is -2.14. The van der Waals surface area contributed by atoms with Crippen LogP contribution in [0.3, 0.4) is 0 Å². The summed E-state index contributed by atoms with van der Waals surface area (Å²) in [5.74, 6) is 0.738. The molecule has 1 aliphatic heterocycles. The Balaban J connectivity index is 1.43. The first-order valence-corrected chi connectivity index (χ1v) is 11.6. The van der Waals surface area contributed by atoms with Gasteiger partial charge in [-0.1, -0.05) is 72.5 Å². The number of ether oxygens (including phenoxy) is 2. The molecule has 0 atom stereocenters. The molecule has 4 nitrogen and oxygen atoms in total. The van der Waals surface area contributed by atoms with E-state index in [0.717, 1.165) is 23.1 Å². The van der Waals surface area contributed by atoms with Gasteiger partial charge in [-0.25, -0.2) is 4.39 Å². The van der Waals surface area contributed by atoms with Gasteiger partial charge < -0.3 is 9.47 Å². The Morgan fingerprint density at radius 1 is 1.00 bits per heavy atom. The van der Waals surface area contributed by atoms with E-state index in [2.05, 4.69) is 0 Å². The second-order valence-electron chi connectivity index (χ2n) is 7.39. The number of carbonyl (C=O) groups excluding carboxylic acids is 1. The van der Waals surface area contributed by atoms with E-state index in [1.54, 1.807) is 30.2 Å². The Bertz CT molecular complexity index is 1180. The number of hydrogen-bond acceptors (Lipinski definition) is 5. The van der Waals surface area contributed by atoms with Gasteiger partial charge in [-0.05, 0) is 53.5 Å². The third-order valence-electron chi connectivity index (χ3n) is 5.13. The molecule has 3 aromatic carbocycles. The molecule has 1 fully saturated rings. The van der Waals surface area contributed by atoms with Gasteiger partial charge in [0.05, 0.1) is 12.0 Å². The predicted octanol–water partition coefficient (Wildman–Crippen LogP) is 5.86. The first-order chi connectivity index (χ1) is 16.0. The highest BCUT2D eigenvalue weighted by atomic mass is 32.2. The summed E-state index contributed by atoms with van der Waals surface area (Å²) >= 11 is 6.75. The highest BCUT2D eigenvalue weighted by Crippen LogP contribution is 2.35. The van der Waals surface area contributed by atoms with E-state index in [4.69, 9.17) is 21.7 Å². The molecule has 0 N–H and O–H groups in total. The van der Waals surface area contributed by atoms with Crippen molar-refractivity contribution in [3.63, 3.8) is 0 Å². The highest BCUT2D eigenvalue weighted by Gasteiger charge is 2.31. The van der Waals surface area contributed by atoms with Crippen molar-refractivity contribution < 1.29 is 18.7 Å². The smallest absolute Gasteiger partial charge is 0.266 e. The van der Waals surface area contributed by atoms with E-state index >= 15 is 0 Å². The molecule has 7 heteroatoms. The van der Waals surface area contributed by atoms with Gasteiger partial charge in [0.2, 0.25) is 0 Å². The molecule has 33 heavy (non-hydrogen) atoms. The molecule has 4 rings (SSSR count). The van der Waals surface area contributed by atoms with Crippen molar-refractivity contribution in [2.24, 2.45) is 0 Å². The second-order valence-corrected chi connectivity index (χ2v) is 9.07. The van der Waals surface area contributed by atoms with Crippen LogP contribution < -0.4 is 9.47 Å². The zero-order valence-electron chi connectivity index (χ0n) is 18.0. The van der Waals surface area contributed by atoms with E-state index in [9.17, 15) is 9.18 Å². The van der Waals surface area contributed by atoms with Crippen molar-refractivity contribution in [2.45, 2.75) is 13.0 Å². The van der Waals surface area contributed by atoms with Crippen LogP contribution >= 0.6 is 24.0 Å². The zero-order valence-corrected chi connectivity index (χ0v) is 19.6. The van der Waals surface area contributed by atoms with Gasteiger partial charge in [0.15, 0.2) is 11.5 Å². The van der Waals surface area contributed by atoms with Crippen LogP contribution in [0.4, 0.5) is 4.39 Å². The van der Waals surface area contributed by atoms with Crippen LogP contribution in [0.1, 0.15) is 16.7 Å². The number of hydrogen-bond donors (Lipinski definition) is 0. The fourth-order valence-electron chi connectivity index (χ4n) is 3.36. The molecule has 168 valence electrons. The molecule has 0 aromatic heterocycles. The third-order valence-corrected chi connectivity index (χ3v) is 6.51. The number of nitrogens with zero attached hydrogens (tertiary/aromatic N) is 1. The molecule has 3 aromatic rings. The topological polar surface area (TPSA) is 38.8 Å². The number of thiocarbonyl (C=S) groups is 1. The minimum Gasteiger partial charge on any atom is -0.493 e. The normalized spacial score (nSPS) is 14.7. The first-order valence-electron chi connectivity index (χ1n) is 10.4. The van der Waals surface area contributed by atoms with Crippen molar-refractivity contribution in [1.29, 1.82) is 0 Å². The van der Waals surface area contributed by atoms with E-state index < -0.39 is 0 Å². The van der Waals surface area contributed by atoms with E-state index in [-0.39, 0.29) is 18.3 Å². The van der Waals surface area contributed by atoms with E-state index in [1.807, 2.05) is 48.5 Å². The monoisotopic (exact) mass is 479 g/mol. The standard InChI is InChI=1S/C26H22FNO3S2/c1-30-23-15-20(9-12-22(23)31-17-19-7-10-21(27)11-8-19)16-24-25(29)28(26(32)33-24)14-13-18-5-3-2-4-6-18/h2-12,15-16H,13-14,17H2,1H3/b24-16+. The van der Waals surface area contributed by atoms with Crippen LogP contribution in [-0.4, -0.2) is 28.8 Å². The summed E-state index contributed by atoms with van der Waals surface area (Å²) < 4.78 is 24.9. The largest absolute Gasteiger partial charge is 0.493 e. The Labute approximate surface area is 202 Å². The average Bonchev–Trinajstić information content (AvgIpc) is 3.10. The summed E-state index contributed by atoms with van der Waals surface area (Å²) in [7, 11) is 1.56. The van der Waals surface area contributed by atoms with Gasteiger partial charge >= 0.3 is 0 Å². The second kappa shape index (κ2) is 10.6. The molecular weight excluding hydrogens is 457 g/mol. The lowest BCUT2D eigenvalue weighted by atomic mass is 10.1.